The van der Waals surface area contributed by atoms with Crippen LogP contribution in [0.15, 0.2) is 65.8 Å². The van der Waals surface area contributed by atoms with Crippen LogP contribution in [-0.2, 0) is 7.05 Å². The summed E-state index contributed by atoms with van der Waals surface area (Å²) in [7, 11) is 3.35. The van der Waals surface area contributed by atoms with Crippen LogP contribution in [0.2, 0.25) is 0 Å². The number of rotatable bonds is 3. The summed E-state index contributed by atoms with van der Waals surface area (Å²) >= 11 is 0. The second-order valence-corrected chi connectivity index (χ2v) is 7.13. The number of pyridine rings is 3. The van der Waals surface area contributed by atoms with Gasteiger partial charge in [-0.2, -0.15) is 0 Å². The molecular formula is C23H19N5O2. The first-order valence-corrected chi connectivity index (χ1v) is 9.51. The van der Waals surface area contributed by atoms with E-state index < -0.39 is 0 Å². The van der Waals surface area contributed by atoms with E-state index in [1.807, 2.05) is 49.4 Å². The summed E-state index contributed by atoms with van der Waals surface area (Å²) in [5, 5.41) is 0.878. The molecule has 0 saturated carbocycles. The van der Waals surface area contributed by atoms with E-state index in [0.717, 1.165) is 38.6 Å². The molecule has 7 nitrogen and oxygen atoms in total. The highest BCUT2D eigenvalue weighted by Crippen LogP contribution is 2.30. The molecule has 0 unspecified atom stereocenters. The van der Waals surface area contributed by atoms with Crippen molar-refractivity contribution in [3.63, 3.8) is 0 Å². The molecular weight excluding hydrogens is 378 g/mol. The predicted octanol–water partition coefficient (Wildman–Crippen LogP) is 3.65. The molecule has 0 radical (unpaired) electrons. The standard InChI is InChI=1S/C23H19N5O2/c1-14-5-4-10-24-22(14)28-21-17-11-15(16-7-9-20(30-3)26-12-16)6-8-18(17)25-13-19(21)27(2)23(28)29/h4-13H,1-3H3. The zero-order chi connectivity index (χ0) is 20.8. The molecule has 0 aliphatic carbocycles. The van der Waals surface area contributed by atoms with Gasteiger partial charge in [0.05, 0.1) is 29.9 Å². The summed E-state index contributed by atoms with van der Waals surface area (Å²) in [4.78, 5) is 26.5. The van der Waals surface area contributed by atoms with Gasteiger partial charge in [0.2, 0.25) is 5.88 Å². The molecule has 5 aromatic rings. The number of nitrogens with zero attached hydrogens (tertiary/aromatic N) is 5. The Morgan fingerprint density at radius 1 is 0.967 bits per heavy atom. The van der Waals surface area contributed by atoms with E-state index in [9.17, 15) is 4.79 Å². The Balaban J connectivity index is 1.85. The first-order chi connectivity index (χ1) is 14.6. The van der Waals surface area contributed by atoms with Crippen LogP contribution in [0.5, 0.6) is 5.88 Å². The Hall–Kier alpha value is -4.00. The summed E-state index contributed by atoms with van der Waals surface area (Å²) in [6.45, 7) is 1.95. The van der Waals surface area contributed by atoms with Crippen molar-refractivity contribution < 1.29 is 4.74 Å². The van der Waals surface area contributed by atoms with E-state index in [2.05, 4.69) is 15.0 Å². The van der Waals surface area contributed by atoms with E-state index in [4.69, 9.17) is 4.74 Å². The van der Waals surface area contributed by atoms with E-state index in [1.54, 1.807) is 41.9 Å². The van der Waals surface area contributed by atoms with Crippen molar-refractivity contribution in [1.29, 1.82) is 0 Å². The molecule has 0 amide bonds. The minimum Gasteiger partial charge on any atom is -0.481 e. The zero-order valence-electron chi connectivity index (χ0n) is 16.8. The predicted molar refractivity (Wildman–Crippen MR) is 116 cm³/mol. The quantitative estimate of drug-likeness (QED) is 0.465. The van der Waals surface area contributed by atoms with Crippen LogP contribution >= 0.6 is 0 Å². The molecule has 0 bridgehead atoms. The minimum absolute atomic E-state index is 0.155. The average Bonchev–Trinajstić information content (AvgIpc) is 3.04. The molecule has 0 N–H and O–H groups in total. The molecule has 30 heavy (non-hydrogen) atoms. The maximum atomic E-state index is 13.1. The van der Waals surface area contributed by atoms with Crippen molar-refractivity contribution in [3.05, 3.63) is 77.1 Å². The van der Waals surface area contributed by atoms with Gasteiger partial charge in [-0.3, -0.25) is 9.55 Å². The van der Waals surface area contributed by atoms with Gasteiger partial charge in [-0.1, -0.05) is 12.1 Å². The van der Waals surface area contributed by atoms with Crippen molar-refractivity contribution >= 4 is 21.9 Å². The molecule has 4 heterocycles. The Morgan fingerprint density at radius 2 is 1.80 bits per heavy atom. The molecule has 0 saturated heterocycles. The van der Waals surface area contributed by atoms with Gasteiger partial charge in [-0.15, -0.1) is 0 Å². The molecule has 0 fully saturated rings. The number of aromatic nitrogens is 5. The van der Waals surface area contributed by atoms with Crippen molar-refractivity contribution in [3.8, 4) is 22.8 Å². The van der Waals surface area contributed by atoms with Crippen LogP contribution in [0.4, 0.5) is 0 Å². The monoisotopic (exact) mass is 397 g/mol. The fraction of sp³-hybridized carbons (Fsp3) is 0.130. The summed E-state index contributed by atoms with van der Waals surface area (Å²) in [6, 6.07) is 13.6. The van der Waals surface area contributed by atoms with E-state index in [0.29, 0.717) is 11.7 Å². The minimum atomic E-state index is -0.155. The smallest absolute Gasteiger partial charge is 0.334 e. The van der Waals surface area contributed by atoms with Crippen molar-refractivity contribution in [2.24, 2.45) is 7.05 Å². The second-order valence-electron chi connectivity index (χ2n) is 7.13. The molecule has 7 heteroatoms. The van der Waals surface area contributed by atoms with Crippen LogP contribution < -0.4 is 10.4 Å². The Morgan fingerprint density at radius 3 is 2.53 bits per heavy atom. The lowest BCUT2D eigenvalue weighted by Gasteiger charge is -2.09. The van der Waals surface area contributed by atoms with Crippen molar-refractivity contribution in [1.82, 2.24) is 24.1 Å². The number of methoxy groups -OCH3 is 1. The number of aryl methyl sites for hydroxylation is 2. The van der Waals surface area contributed by atoms with Crippen molar-refractivity contribution in [2.75, 3.05) is 7.11 Å². The fourth-order valence-electron chi connectivity index (χ4n) is 3.76. The highest BCUT2D eigenvalue weighted by atomic mass is 16.5. The molecule has 4 aromatic heterocycles. The maximum absolute atomic E-state index is 13.1. The first kappa shape index (κ1) is 18.1. The fourth-order valence-corrected chi connectivity index (χ4v) is 3.76. The number of ether oxygens (including phenoxy) is 1. The Bertz CT molecular complexity index is 1470. The lowest BCUT2D eigenvalue weighted by Crippen LogP contribution is -2.22. The normalized spacial score (nSPS) is 11.3. The molecule has 1 aromatic carbocycles. The third-order valence-electron chi connectivity index (χ3n) is 5.36. The Labute approximate surface area is 172 Å². The SMILES string of the molecule is COc1ccc(-c2ccc3ncc4c(c3c2)n(-c2ncccc2C)c(=O)n4C)cn1. The van der Waals surface area contributed by atoms with E-state index in [1.165, 1.54) is 0 Å². The lowest BCUT2D eigenvalue weighted by molar-refractivity contribution is 0.398. The third-order valence-corrected chi connectivity index (χ3v) is 5.36. The third kappa shape index (κ3) is 2.67. The number of hydrogen-bond acceptors (Lipinski definition) is 5. The van der Waals surface area contributed by atoms with Crippen LogP contribution in [0.25, 0.3) is 38.9 Å². The maximum Gasteiger partial charge on any atom is 0.334 e. The molecule has 0 aliphatic rings. The number of fused-ring (bicyclic) bond motifs is 3. The van der Waals surface area contributed by atoms with Gasteiger partial charge < -0.3 is 4.74 Å². The summed E-state index contributed by atoms with van der Waals surface area (Å²) in [5.41, 5.74) is 5.05. The van der Waals surface area contributed by atoms with Crippen LogP contribution in [0, 0.1) is 6.92 Å². The molecule has 5 rings (SSSR count). The van der Waals surface area contributed by atoms with Crippen LogP contribution in [0.1, 0.15) is 5.56 Å². The lowest BCUT2D eigenvalue weighted by atomic mass is 10.0. The van der Waals surface area contributed by atoms with Gasteiger partial charge in [0.25, 0.3) is 0 Å². The van der Waals surface area contributed by atoms with Gasteiger partial charge in [0, 0.05) is 36.5 Å². The van der Waals surface area contributed by atoms with Gasteiger partial charge in [-0.05, 0) is 42.3 Å². The van der Waals surface area contributed by atoms with E-state index >= 15 is 0 Å². The second kappa shape index (κ2) is 6.81. The number of imidazole rings is 1. The summed E-state index contributed by atoms with van der Waals surface area (Å²) < 4.78 is 8.44. The first-order valence-electron chi connectivity index (χ1n) is 9.51. The zero-order valence-corrected chi connectivity index (χ0v) is 16.8. The van der Waals surface area contributed by atoms with Crippen LogP contribution in [0.3, 0.4) is 0 Å². The van der Waals surface area contributed by atoms with E-state index in [-0.39, 0.29) is 5.69 Å². The number of hydrogen-bond donors (Lipinski definition) is 0. The highest BCUT2D eigenvalue weighted by molar-refractivity contribution is 6.04. The van der Waals surface area contributed by atoms with Gasteiger partial charge >= 0.3 is 5.69 Å². The van der Waals surface area contributed by atoms with Gasteiger partial charge in [-0.25, -0.2) is 19.3 Å². The molecule has 0 atom stereocenters. The summed E-state index contributed by atoms with van der Waals surface area (Å²) in [6.07, 6.45) is 5.21. The molecule has 148 valence electrons. The largest absolute Gasteiger partial charge is 0.481 e. The summed E-state index contributed by atoms with van der Waals surface area (Å²) in [5.74, 6) is 1.18. The average molecular weight is 397 g/mol. The van der Waals surface area contributed by atoms with Crippen molar-refractivity contribution in [2.45, 2.75) is 6.92 Å². The topological polar surface area (TPSA) is 74.8 Å². The molecule has 0 aliphatic heterocycles. The highest BCUT2D eigenvalue weighted by Gasteiger charge is 2.18. The van der Waals surface area contributed by atoms with Gasteiger partial charge in [0.1, 0.15) is 5.82 Å². The molecule has 0 spiro atoms. The number of benzene rings is 1. The Kier molecular flexibility index (Phi) is 4.10. The van der Waals surface area contributed by atoms with Gasteiger partial charge in [0.15, 0.2) is 0 Å². The van der Waals surface area contributed by atoms with Crippen LogP contribution in [-0.4, -0.2) is 31.2 Å².